The lowest BCUT2D eigenvalue weighted by molar-refractivity contribution is -0.0486. The molecule has 0 spiro atoms. The van der Waals surface area contributed by atoms with Gasteiger partial charge < -0.3 is 14.2 Å². The molecule has 2 aromatic carbocycles. The molecule has 0 N–H and O–H groups in total. The number of pyridine rings is 1. The summed E-state index contributed by atoms with van der Waals surface area (Å²) < 4.78 is 20.7. The molecular formula is C24H18N4O6. The molecule has 0 unspecified atom stereocenters. The first kappa shape index (κ1) is 20.3. The van der Waals surface area contributed by atoms with Crippen molar-refractivity contribution in [2.45, 2.75) is 31.1 Å². The fraction of sp³-hybridized carbons (Fsp3) is 0.208. The van der Waals surface area contributed by atoms with Gasteiger partial charge in [-0.3, -0.25) is 9.36 Å². The second-order valence-electron chi connectivity index (χ2n) is 8.06. The molecule has 0 amide bonds. The zero-order valence-electron chi connectivity index (χ0n) is 17.7. The number of nitrogens with zero attached hydrogens (tertiary/aromatic N) is 4. The van der Waals surface area contributed by atoms with E-state index in [0.717, 1.165) is 0 Å². The Morgan fingerprint density at radius 2 is 1.47 bits per heavy atom. The predicted octanol–water partition coefficient (Wildman–Crippen LogP) is 1.96. The highest BCUT2D eigenvalue weighted by Crippen LogP contribution is 2.38. The van der Waals surface area contributed by atoms with Gasteiger partial charge in [-0.25, -0.2) is 14.3 Å². The second-order valence-corrected chi connectivity index (χ2v) is 8.06. The Kier molecular flexibility index (Phi) is 4.73. The van der Waals surface area contributed by atoms with Gasteiger partial charge >= 0.3 is 11.9 Å². The summed E-state index contributed by atoms with van der Waals surface area (Å²) in [5.74, 6) is -1.21. The van der Waals surface area contributed by atoms with Gasteiger partial charge in [0.25, 0.3) is 5.56 Å². The summed E-state index contributed by atoms with van der Waals surface area (Å²) in [5.41, 5.74) is 1.25. The lowest BCUT2D eigenvalue weighted by Crippen LogP contribution is -2.43. The average molecular weight is 458 g/mol. The van der Waals surface area contributed by atoms with Crippen LogP contribution in [-0.2, 0) is 20.8 Å². The van der Waals surface area contributed by atoms with E-state index in [1.54, 1.807) is 71.4 Å². The lowest BCUT2D eigenvalue weighted by atomic mass is 10.1. The maximum absolute atomic E-state index is 13.0. The van der Waals surface area contributed by atoms with E-state index in [1.807, 2.05) is 0 Å². The minimum absolute atomic E-state index is 0.155. The van der Waals surface area contributed by atoms with Gasteiger partial charge in [0.15, 0.2) is 24.1 Å². The van der Waals surface area contributed by atoms with Crippen molar-refractivity contribution < 1.29 is 23.8 Å². The summed E-state index contributed by atoms with van der Waals surface area (Å²) in [6.45, 7) is 0.155. The third-order valence-electron chi connectivity index (χ3n) is 5.98. The average Bonchev–Trinajstić information content (AvgIpc) is 3.35. The Hall–Kier alpha value is -4.31. The highest BCUT2D eigenvalue weighted by Gasteiger charge is 2.53. The van der Waals surface area contributed by atoms with E-state index >= 15 is 0 Å². The number of aromatic nitrogens is 4. The van der Waals surface area contributed by atoms with Crippen LogP contribution >= 0.6 is 0 Å². The van der Waals surface area contributed by atoms with Crippen LogP contribution in [0, 0.1) is 0 Å². The Bertz CT molecular complexity index is 1450. The van der Waals surface area contributed by atoms with Gasteiger partial charge in [-0.2, -0.15) is 0 Å². The van der Waals surface area contributed by atoms with Crippen molar-refractivity contribution >= 4 is 23.1 Å². The van der Waals surface area contributed by atoms with Crippen molar-refractivity contribution in [2.24, 2.45) is 0 Å². The van der Waals surface area contributed by atoms with Crippen molar-refractivity contribution in [3.63, 3.8) is 0 Å². The van der Waals surface area contributed by atoms with E-state index in [9.17, 15) is 14.4 Å². The molecule has 4 atom stereocenters. The summed E-state index contributed by atoms with van der Waals surface area (Å²) in [4.78, 5) is 38.8. The summed E-state index contributed by atoms with van der Waals surface area (Å²) in [6, 6.07) is 19.9. The van der Waals surface area contributed by atoms with Crippen LogP contribution in [0.5, 0.6) is 0 Å². The molecule has 34 heavy (non-hydrogen) atoms. The standard InChI is InChI=1S/C24H18N4O6/c29-18-12-11-16-21-27(26-25-16)13-17-19(33-23(30)14-7-3-1-4-8-14)20(22(32-17)28(18)21)34-24(31)15-9-5-2-6-10-15/h1-12,17,19-20,22H,13H2/t17-,19-,20-,22+/m1/s1. The van der Waals surface area contributed by atoms with E-state index in [1.165, 1.54) is 10.6 Å². The molecule has 170 valence electrons. The molecular weight excluding hydrogens is 440 g/mol. The quantitative estimate of drug-likeness (QED) is 0.427. The van der Waals surface area contributed by atoms with Gasteiger partial charge in [0.2, 0.25) is 0 Å². The van der Waals surface area contributed by atoms with Gasteiger partial charge in [-0.15, -0.1) is 5.10 Å². The number of ether oxygens (including phenoxy) is 3. The molecule has 6 rings (SSSR count). The molecule has 0 saturated carbocycles. The van der Waals surface area contributed by atoms with Crippen LogP contribution in [-0.4, -0.2) is 49.8 Å². The van der Waals surface area contributed by atoms with Gasteiger partial charge in [0, 0.05) is 6.07 Å². The van der Waals surface area contributed by atoms with Gasteiger partial charge in [-0.1, -0.05) is 41.6 Å². The SMILES string of the molecule is O=C(O[C@@H]1[C@H](OC(=O)c2ccccc2)[C@H]2Cn3nnc4ccc(=O)n(c43)[C@H]1O2)c1ccccc1. The van der Waals surface area contributed by atoms with Crippen LogP contribution in [0.3, 0.4) is 0 Å². The van der Waals surface area contributed by atoms with Crippen molar-refractivity contribution in [2.75, 3.05) is 0 Å². The van der Waals surface area contributed by atoms with Gasteiger partial charge in [0.05, 0.1) is 17.7 Å². The highest BCUT2D eigenvalue weighted by atomic mass is 16.6. The lowest BCUT2D eigenvalue weighted by Gasteiger charge is -2.27. The molecule has 2 aromatic heterocycles. The number of carbonyl (C=O) groups is 2. The second kappa shape index (κ2) is 7.92. The largest absolute Gasteiger partial charge is 0.452 e. The van der Waals surface area contributed by atoms with Crippen LogP contribution in [0.15, 0.2) is 77.6 Å². The summed E-state index contributed by atoms with van der Waals surface area (Å²) in [5, 5.41) is 8.25. The minimum atomic E-state index is -1.07. The molecule has 0 radical (unpaired) electrons. The zero-order valence-corrected chi connectivity index (χ0v) is 17.7. The third kappa shape index (κ3) is 3.27. The summed E-state index contributed by atoms with van der Waals surface area (Å²) in [6.07, 6.45) is -3.81. The van der Waals surface area contributed by atoms with Crippen LogP contribution in [0.1, 0.15) is 26.9 Å². The highest BCUT2D eigenvalue weighted by molar-refractivity contribution is 5.90. The maximum atomic E-state index is 13.0. The smallest absolute Gasteiger partial charge is 0.338 e. The number of fused-ring (bicyclic) bond motifs is 3. The van der Waals surface area contributed by atoms with E-state index in [4.69, 9.17) is 14.2 Å². The third-order valence-corrected chi connectivity index (χ3v) is 5.98. The Labute approximate surface area is 192 Å². The first-order valence-electron chi connectivity index (χ1n) is 10.7. The molecule has 1 saturated heterocycles. The molecule has 4 heterocycles. The fourth-order valence-corrected chi connectivity index (χ4v) is 4.41. The molecule has 1 fully saturated rings. The van der Waals surface area contributed by atoms with Gasteiger partial charge in [0.1, 0.15) is 11.6 Å². The monoisotopic (exact) mass is 458 g/mol. The number of hydrogen-bond donors (Lipinski definition) is 0. The zero-order chi connectivity index (χ0) is 23.2. The molecule has 2 bridgehead atoms. The van der Waals surface area contributed by atoms with E-state index in [-0.39, 0.29) is 12.1 Å². The molecule has 2 aliphatic heterocycles. The summed E-state index contributed by atoms with van der Waals surface area (Å²) in [7, 11) is 0. The van der Waals surface area contributed by atoms with Crippen molar-refractivity contribution in [1.82, 2.24) is 19.6 Å². The maximum Gasteiger partial charge on any atom is 0.338 e. The summed E-state index contributed by atoms with van der Waals surface area (Å²) >= 11 is 0. The van der Waals surface area contributed by atoms with E-state index < -0.39 is 36.5 Å². The number of hydrogen-bond acceptors (Lipinski definition) is 8. The van der Waals surface area contributed by atoms with Crippen LogP contribution in [0.25, 0.3) is 11.2 Å². The Balaban J connectivity index is 1.42. The first-order valence-corrected chi connectivity index (χ1v) is 10.7. The number of benzene rings is 2. The molecule has 10 heteroatoms. The van der Waals surface area contributed by atoms with Crippen molar-refractivity contribution in [3.8, 4) is 0 Å². The van der Waals surface area contributed by atoms with Gasteiger partial charge in [-0.05, 0) is 30.3 Å². The fourth-order valence-electron chi connectivity index (χ4n) is 4.41. The molecule has 4 aromatic rings. The first-order chi connectivity index (χ1) is 16.6. The molecule has 10 nitrogen and oxygen atoms in total. The van der Waals surface area contributed by atoms with E-state index in [2.05, 4.69) is 10.3 Å². The number of rotatable bonds is 4. The number of carbonyl (C=O) groups excluding carboxylic acids is 2. The van der Waals surface area contributed by atoms with Crippen LogP contribution in [0.2, 0.25) is 0 Å². The normalized spacial score (nSPS) is 22.8. The van der Waals surface area contributed by atoms with Crippen molar-refractivity contribution in [1.29, 1.82) is 0 Å². The molecule has 2 aliphatic rings. The Morgan fingerprint density at radius 1 is 0.853 bits per heavy atom. The van der Waals surface area contributed by atoms with Crippen molar-refractivity contribution in [3.05, 3.63) is 94.3 Å². The number of esters is 2. The molecule has 0 aliphatic carbocycles. The topological polar surface area (TPSA) is 115 Å². The van der Waals surface area contributed by atoms with Crippen LogP contribution in [0.4, 0.5) is 0 Å². The van der Waals surface area contributed by atoms with Crippen LogP contribution < -0.4 is 5.56 Å². The minimum Gasteiger partial charge on any atom is -0.452 e. The Morgan fingerprint density at radius 3 is 2.12 bits per heavy atom. The van der Waals surface area contributed by atoms with E-state index in [0.29, 0.717) is 22.3 Å². The predicted molar refractivity (Wildman–Crippen MR) is 117 cm³/mol.